The van der Waals surface area contributed by atoms with Gasteiger partial charge in [-0.3, -0.25) is 24.3 Å². The van der Waals surface area contributed by atoms with Crippen LogP contribution >= 0.6 is 0 Å². The van der Waals surface area contributed by atoms with Gasteiger partial charge in [0.05, 0.1) is 0 Å². The van der Waals surface area contributed by atoms with Crippen LogP contribution in [0.3, 0.4) is 0 Å². The molecule has 2 aromatic carbocycles. The quantitative estimate of drug-likeness (QED) is 0.375. The number of aromatic nitrogens is 1. The van der Waals surface area contributed by atoms with Crippen molar-refractivity contribution >= 4 is 34.6 Å². The number of pyridine rings is 1. The molecule has 1 N–H and O–H groups in total. The Labute approximate surface area is 174 Å². The van der Waals surface area contributed by atoms with Gasteiger partial charge < -0.3 is 5.32 Å². The van der Waals surface area contributed by atoms with Crippen molar-refractivity contribution < 1.29 is 14.4 Å². The molecule has 0 radical (unpaired) electrons. The number of amides is 3. The van der Waals surface area contributed by atoms with Crippen molar-refractivity contribution in [1.82, 2.24) is 15.2 Å². The third kappa shape index (κ3) is 3.98. The second-order valence-corrected chi connectivity index (χ2v) is 7.09. The van der Waals surface area contributed by atoms with E-state index in [1.54, 1.807) is 36.7 Å². The summed E-state index contributed by atoms with van der Waals surface area (Å²) < 4.78 is 0. The zero-order chi connectivity index (χ0) is 20.9. The van der Waals surface area contributed by atoms with Crippen LogP contribution in [0.25, 0.3) is 16.8 Å². The molecule has 1 aromatic heterocycles. The van der Waals surface area contributed by atoms with E-state index in [1.807, 2.05) is 30.3 Å². The van der Waals surface area contributed by atoms with Crippen LogP contribution in [0.15, 0.2) is 67.0 Å². The molecule has 0 saturated carbocycles. The number of carbonyl (C=O) groups is 3. The van der Waals surface area contributed by atoms with E-state index >= 15 is 0 Å². The second kappa shape index (κ2) is 8.69. The van der Waals surface area contributed by atoms with E-state index in [4.69, 9.17) is 0 Å². The van der Waals surface area contributed by atoms with Crippen LogP contribution in [-0.4, -0.2) is 40.7 Å². The highest BCUT2D eigenvalue weighted by Gasteiger charge is 2.31. The van der Waals surface area contributed by atoms with Crippen molar-refractivity contribution in [2.75, 3.05) is 13.1 Å². The average Bonchev–Trinajstić information content (AvgIpc) is 2.78. The second-order valence-electron chi connectivity index (χ2n) is 7.09. The molecule has 3 amide bonds. The van der Waals surface area contributed by atoms with Crippen LogP contribution in [0.4, 0.5) is 0 Å². The Morgan fingerprint density at radius 2 is 1.70 bits per heavy atom. The summed E-state index contributed by atoms with van der Waals surface area (Å²) >= 11 is 0. The molecule has 1 aliphatic rings. The molecule has 0 unspecified atom stereocenters. The lowest BCUT2D eigenvalue weighted by atomic mass is 9.94. The number of unbranched alkanes of at least 4 members (excludes halogenated alkanes) is 1. The van der Waals surface area contributed by atoms with Gasteiger partial charge in [0.2, 0.25) is 5.91 Å². The lowest BCUT2D eigenvalue weighted by Gasteiger charge is -2.27. The molecule has 4 rings (SSSR count). The van der Waals surface area contributed by atoms with Gasteiger partial charge >= 0.3 is 0 Å². The van der Waals surface area contributed by atoms with E-state index in [-0.39, 0.29) is 17.7 Å². The smallest absolute Gasteiger partial charge is 0.261 e. The van der Waals surface area contributed by atoms with Crippen LogP contribution in [0.5, 0.6) is 0 Å². The zero-order valence-corrected chi connectivity index (χ0v) is 16.4. The van der Waals surface area contributed by atoms with Crippen molar-refractivity contribution in [3.8, 4) is 0 Å². The van der Waals surface area contributed by atoms with Gasteiger partial charge in [-0.05, 0) is 48.1 Å². The molecule has 0 bridgehead atoms. The minimum atomic E-state index is -0.257. The Balaban J connectivity index is 1.30. The van der Waals surface area contributed by atoms with Gasteiger partial charge in [-0.15, -0.1) is 0 Å². The third-order valence-electron chi connectivity index (χ3n) is 5.08. The van der Waals surface area contributed by atoms with Crippen molar-refractivity contribution in [2.24, 2.45) is 0 Å². The third-order valence-corrected chi connectivity index (χ3v) is 5.08. The fraction of sp³-hybridized carbons (Fsp3) is 0.167. The number of imide groups is 1. The topological polar surface area (TPSA) is 79.4 Å². The predicted molar refractivity (Wildman–Crippen MR) is 115 cm³/mol. The molecule has 30 heavy (non-hydrogen) atoms. The molecule has 0 spiro atoms. The van der Waals surface area contributed by atoms with E-state index in [0.717, 1.165) is 16.3 Å². The van der Waals surface area contributed by atoms with E-state index in [1.165, 1.54) is 11.0 Å². The molecule has 1 aliphatic heterocycles. The SMILES string of the molecule is O=C(/C=C\c1cccnc1)NCCCCN1C(=O)c2cccc3cccc(c23)C1=O. The Morgan fingerprint density at radius 1 is 0.967 bits per heavy atom. The van der Waals surface area contributed by atoms with Crippen molar-refractivity contribution in [3.05, 3.63) is 83.7 Å². The summed E-state index contributed by atoms with van der Waals surface area (Å²) in [5, 5.41) is 4.44. The fourth-order valence-electron chi connectivity index (χ4n) is 3.60. The molecule has 150 valence electrons. The molecule has 2 heterocycles. The van der Waals surface area contributed by atoms with E-state index in [9.17, 15) is 14.4 Å². The highest BCUT2D eigenvalue weighted by molar-refractivity contribution is 6.25. The summed E-state index contributed by atoms with van der Waals surface area (Å²) in [5.74, 6) is -0.704. The number of benzene rings is 2. The first-order chi connectivity index (χ1) is 14.6. The van der Waals surface area contributed by atoms with Crippen LogP contribution in [0, 0.1) is 0 Å². The lowest BCUT2D eigenvalue weighted by Crippen LogP contribution is -2.41. The molecule has 6 heteroatoms. The predicted octanol–water partition coefficient (Wildman–Crippen LogP) is 3.44. The van der Waals surface area contributed by atoms with Crippen LogP contribution in [0.1, 0.15) is 39.1 Å². The maximum atomic E-state index is 12.8. The van der Waals surface area contributed by atoms with Crippen molar-refractivity contribution in [2.45, 2.75) is 12.8 Å². The standard InChI is InChI=1S/C24H21N3O3/c28-21(12-11-17-6-5-13-25-16-17)26-14-1-2-15-27-23(29)19-9-3-7-18-8-4-10-20(22(18)19)24(27)30/h3-13,16H,1-2,14-15H2,(H,26,28)/b12-11-. The average molecular weight is 399 g/mol. The molecular weight excluding hydrogens is 378 g/mol. The maximum absolute atomic E-state index is 12.8. The minimum absolute atomic E-state index is 0.190. The maximum Gasteiger partial charge on any atom is 0.261 e. The summed E-state index contributed by atoms with van der Waals surface area (Å²) in [6.07, 6.45) is 7.79. The Hall–Kier alpha value is -3.80. The summed E-state index contributed by atoms with van der Waals surface area (Å²) in [6.45, 7) is 0.794. The number of carbonyl (C=O) groups excluding carboxylic acids is 3. The number of hydrogen-bond donors (Lipinski definition) is 1. The molecule has 6 nitrogen and oxygen atoms in total. The molecule has 0 atom stereocenters. The molecular formula is C24H21N3O3. The largest absolute Gasteiger partial charge is 0.353 e. The molecule has 0 fully saturated rings. The monoisotopic (exact) mass is 399 g/mol. The highest BCUT2D eigenvalue weighted by Crippen LogP contribution is 2.29. The van der Waals surface area contributed by atoms with Crippen LogP contribution in [-0.2, 0) is 4.79 Å². The van der Waals surface area contributed by atoms with Gasteiger partial charge in [0, 0.05) is 48.1 Å². The summed E-state index contributed by atoms with van der Waals surface area (Å²) in [5.41, 5.74) is 1.98. The van der Waals surface area contributed by atoms with Crippen LogP contribution < -0.4 is 5.32 Å². The number of nitrogens with zero attached hydrogens (tertiary/aromatic N) is 2. The van der Waals surface area contributed by atoms with Gasteiger partial charge in [-0.2, -0.15) is 0 Å². The van der Waals surface area contributed by atoms with Crippen LogP contribution in [0.2, 0.25) is 0 Å². The molecule has 3 aromatic rings. The van der Waals surface area contributed by atoms with Crippen molar-refractivity contribution in [1.29, 1.82) is 0 Å². The van der Waals surface area contributed by atoms with Gasteiger partial charge in [0.1, 0.15) is 0 Å². The molecule has 0 aliphatic carbocycles. The number of rotatable bonds is 7. The summed E-state index contributed by atoms with van der Waals surface area (Å²) in [6, 6.07) is 14.7. The Kier molecular flexibility index (Phi) is 5.66. The van der Waals surface area contributed by atoms with E-state index in [2.05, 4.69) is 10.3 Å². The van der Waals surface area contributed by atoms with Crippen molar-refractivity contribution in [3.63, 3.8) is 0 Å². The Bertz CT molecular complexity index is 1090. The first-order valence-electron chi connectivity index (χ1n) is 9.89. The summed E-state index contributed by atoms with van der Waals surface area (Å²) in [4.78, 5) is 42.8. The first kappa shape index (κ1) is 19.5. The van der Waals surface area contributed by atoms with Gasteiger partial charge in [0.25, 0.3) is 11.8 Å². The lowest BCUT2D eigenvalue weighted by molar-refractivity contribution is -0.116. The van der Waals surface area contributed by atoms with E-state index < -0.39 is 0 Å². The highest BCUT2D eigenvalue weighted by atomic mass is 16.2. The minimum Gasteiger partial charge on any atom is -0.353 e. The van der Waals surface area contributed by atoms with Gasteiger partial charge in [0.15, 0.2) is 0 Å². The summed E-state index contributed by atoms with van der Waals surface area (Å²) in [7, 11) is 0. The first-order valence-corrected chi connectivity index (χ1v) is 9.89. The van der Waals surface area contributed by atoms with E-state index in [0.29, 0.717) is 37.1 Å². The Morgan fingerprint density at radius 3 is 2.37 bits per heavy atom. The van der Waals surface area contributed by atoms with Gasteiger partial charge in [-0.25, -0.2) is 0 Å². The van der Waals surface area contributed by atoms with Gasteiger partial charge in [-0.1, -0.05) is 30.3 Å². The number of nitrogens with one attached hydrogen (secondary N) is 1. The number of hydrogen-bond acceptors (Lipinski definition) is 4. The fourth-order valence-corrected chi connectivity index (χ4v) is 3.60. The normalized spacial score (nSPS) is 13.3. The zero-order valence-electron chi connectivity index (χ0n) is 16.4. The molecule has 0 saturated heterocycles.